The van der Waals surface area contributed by atoms with Gasteiger partial charge in [0.25, 0.3) is 11.7 Å². The molecule has 40 heavy (non-hydrogen) atoms. The number of aromatic nitrogens is 7. The van der Waals surface area contributed by atoms with Gasteiger partial charge in [-0.05, 0) is 43.9 Å². The monoisotopic (exact) mass is 573 g/mol. The lowest BCUT2D eigenvalue weighted by atomic mass is 9.81. The van der Waals surface area contributed by atoms with E-state index in [0.717, 1.165) is 0 Å². The highest BCUT2D eigenvalue weighted by Crippen LogP contribution is 2.41. The first-order valence-electron chi connectivity index (χ1n) is 12.6. The van der Waals surface area contributed by atoms with Gasteiger partial charge in [-0.15, -0.1) is 10.2 Å². The van der Waals surface area contributed by atoms with Crippen molar-refractivity contribution in [3.05, 3.63) is 35.5 Å². The topological polar surface area (TPSA) is 152 Å². The quantitative estimate of drug-likeness (QED) is 0.261. The Bertz CT molecular complexity index is 1350. The minimum absolute atomic E-state index is 0.0532. The number of tetrazole rings is 1. The Morgan fingerprint density at radius 2 is 1.90 bits per heavy atom. The van der Waals surface area contributed by atoms with Crippen LogP contribution in [0, 0.1) is 5.92 Å². The van der Waals surface area contributed by atoms with Crippen molar-refractivity contribution in [3.8, 4) is 0 Å². The van der Waals surface area contributed by atoms with Gasteiger partial charge in [-0.25, -0.2) is 18.3 Å². The van der Waals surface area contributed by atoms with Gasteiger partial charge in [0, 0.05) is 24.8 Å². The van der Waals surface area contributed by atoms with Crippen LogP contribution < -0.4 is 10.6 Å². The van der Waals surface area contributed by atoms with Gasteiger partial charge in [0.05, 0.1) is 36.6 Å². The van der Waals surface area contributed by atoms with Gasteiger partial charge in [0.2, 0.25) is 11.8 Å². The van der Waals surface area contributed by atoms with Crippen LogP contribution >= 0.6 is 0 Å². The number of aliphatic hydroxyl groups excluding tert-OH is 1. The van der Waals surface area contributed by atoms with Gasteiger partial charge in [0.15, 0.2) is 11.9 Å². The summed E-state index contributed by atoms with van der Waals surface area (Å²) in [6.45, 7) is 3.61. The number of nitrogens with one attached hydrogen (secondary N) is 2. The highest BCUT2D eigenvalue weighted by atomic mass is 19.4. The molecule has 3 N–H and O–H groups in total. The van der Waals surface area contributed by atoms with E-state index in [1.54, 1.807) is 13.8 Å². The molecule has 4 rings (SSSR count). The van der Waals surface area contributed by atoms with E-state index < -0.39 is 54.9 Å². The van der Waals surface area contributed by atoms with Crippen LogP contribution in [0.1, 0.15) is 92.6 Å². The summed E-state index contributed by atoms with van der Waals surface area (Å²) in [7, 11) is 0. The Kier molecular flexibility index (Phi) is 8.32. The van der Waals surface area contributed by atoms with Crippen LogP contribution in [-0.2, 0) is 4.79 Å². The number of halogens is 5. The van der Waals surface area contributed by atoms with Crippen LogP contribution in [-0.4, -0.2) is 63.8 Å². The molecule has 0 aliphatic heterocycles. The van der Waals surface area contributed by atoms with Crippen LogP contribution in [0.3, 0.4) is 0 Å². The lowest BCUT2D eigenvalue weighted by molar-refractivity contribution is -0.145. The van der Waals surface area contributed by atoms with Crippen molar-refractivity contribution in [1.29, 1.82) is 0 Å². The lowest BCUT2D eigenvalue weighted by Gasteiger charge is -2.33. The fourth-order valence-electron chi connectivity index (χ4n) is 4.34. The van der Waals surface area contributed by atoms with Crippen LogP contribution in [0.5, 0.6) is 0 Å². The molecule has 0 saturated heterocycles. The maximum Gasteiger partial charge on any atom is 0.389 e. The van der Waals surface area contributed by atoms with Crippen molar-refractivity contribution in [2.45, 2.75) is 82.8 Å². The van der Waals surface area contributed by atoms with Crippen LogP contribution in [0.4, 0.5) is 22.0 Å². The second-order valence-electron chi connectivity index (χ2n) is 10.0. The van der Waals surface area contributed by atoms with E-state index >= 15 is 0 Å². The molecule has 0 aromatic carbocycles. The Balaban J connectivity index is 1.55. The molecule has 3 aromatic heterocycles. The summed E-state index contributed by atoms with van der Waals surface area (Å²) in [4.78, 5) is 30.5. The molecule has 1 aliphatic carbocycles. The molecular formula is C23H28F5N9O3. The molecule has 2 atom stereocenters. The third-order valence-electron chi connectivity index (χ3n) is 6.54. The number of fused-ring (bicyclic) bond motifs is 1. The average molecular weight is 574 g/mol. The maximum atomic E-state index is 13.9. The molecule has 0 bridgehead atoms. The summed E-state index contributed by atoms with van der Waals surface area (Å²) in [6.07, 6.45) is -6.18. The maximum absolute atomic E-state index is 13.9. The molecule has 2 amide bonds. The summed E-state index contributed by atoms with van der Waals surface area (Å²) in [5, 5.41) is 30.9. The van der Waals surface area contributed by atoms with Crippen molar-refractivity contribution in [2.24, 2.45) is 5.92 Å². The molecule has 0 radical (unpaired) electrons. The van der Waals surface area contributed by atoms with E-state index in [1.165, 1.54) is 27.8 Å². The van der Waals surface area contributed by atoms with E-state index in [-0.39, 0.29) is 48.8 Å². The van der Waals surface area contributed by atoms with Crippen molar-refractivity contribution in [1.82, 2.24) is 45.4 Å². The Hall–Kier alpha value is -3.76. The smallest absolute Gasteiger partial charge is 0.369 e. The normalized spacial score (nSPS) is 17.6. The number of rotatable bonds is 9. The van der Waals surface area contributed by atoms with Gasteiger partial charge in [-0.1, -0.05) is 0 Å². The molecule has 1 aliphatic rings. The number of carbonyl (C=O) groups is 2. The predicted octanol–water partition coefficient (Wildman–Crippen LogP) is 3.04. The Morgan fingerprint density at radius 3 is 2.52 bits per heavy atom. The SMILES string of the molecule is CC(C)n1nnc(C(=O)N[C@H](c2cn3ncc([C@@H](O)NC(=O)CCC(F)(F)F)cc3n2)C2CCC(F)(F)CC2)n1. The Labute approximate surface area is 224 Å². The summed E-state index contributed by atoms with van der Waals surface area (Å²) in [5.41, 5.74) is 0.533. The predicted molar refractivity (Wildman–Crippen MR) is 127 cm³/mol. The largest absolute Gasteiger partial charge is 0.389 e. The van der Waals surface area contributed by atoms with E-state index in [0.29, 0.717) is 5.69 Å². The third-order valence-corrected chi connectivity index (χ3v) is 6.54. The molecule has 1 fully saturated rings. The molecule has 3 aromatic rings. The van der Waals surface area contributed by atoms with Crippen LogP contribution in [0.15, 0.2) is 18.5 Å². The Morgan fingerprint density at radius 1 is 1.20 bits per heavy atom. The number of amides is 2. The standard InChI is InChI=1S/C23H28F5N9O3/c1-12(2)37-34-19(33-35-37)21(40)32-18(13-3-6-22(24,25)7-4-13)15-11-36-16(30-15)9-14(10-29-36)20(39)31-17(38)5-8-23(26,27)28/h9-13,18,20,39H,3-8H2,1-2H3,(H,31,38)(H,32,40)/t18-,20+/m0/s1. The lowest BCUT2D eigenvalue weighted by Crippen LogP contribution is -2.37. The van der Waals surface area contributed by atoms with Crippen molar-refractivity contribution in [3.63, 3.8) is 0 Å². The second-order valence-corrected chi connectivity index (χ2v) is 10.0. The minimum Gasteiger partial charge on any atom is -0.369 e. The van der Waals surface area contributed by atoms with Crippen molar-refractivity contribution < 1.29 is 36.6 Å². The third kappa shape index (κ3) is 7.25. The number of carbonyl (C=O) groups excluding carboxylic acids is 2. The highest BCUT2D eigenvalue weighted by molar-refractivity contribution is 5.90. The van der Waals surface area contributed by atoms with Gasteiger partial charge in [-0.3, -0.25) is 9.59 Å². The average Bonchev–Trinajstić information content (AvgIpc) is 3.53. The molecule has 12 nitrogen and oxygen atoms in total. The number of aliphatic hydroxyl groups is 1. The number of imidazole rings is 1. The van der Waals surface area contributed by atoms with Crippen molar-refractivity contribution in [2.75, 3.05) is 0 Å². The number of hydrogen-bond donors (Lipinski definition) is 3. The molecule has 218 valence electrons. The second kappa shape index (κ2) is 11.4. The zero-order valence-corrected chi connectivity index (χ0v) is 21.6. The molecule has 17 heteroatoms. The zero-order valence-electron chi connectivity index (χ0n) is 21.6. The summed E-state index contributed by atoms with van der Waals surface area (Å²) < 4.78 is 66.2. The minimum atomic E-state index is -4.52. The fraction of sp³-hybridized carbons (Fsp3) is 0.609. The first-order chi connectivity index (χ1) is 18.7. The van der Waals surface area contributed by atoms with Gasteiger partial charge < -0.3 is 15.7 Å². The molecular weight excluding hydrogens is 545 g/mol. The highest BCUT2D eigenvalue weighted by Gasteiger charge is 2.39. The van der Waals surface area contributed by atoms with Gasteiger partial charge >= 0.3 is 6.18 Å². The van der Waals surface area contributed by atoms with Crippen LogP contribution in [0.2, 0.25) is 0 Å². The fourth-order valence-corrected chi connectivity index (χ4v) is 4.34. The van der Waals surface area contributed by atoms with E-state index in [2.05, 4.69) is 36.1 Å². The van der Waals surface area contributed by atoms with Gasteiger partial charge in [-0.2, -0.15) is 23.1 Å². The molecule has 0 spiro atoms. The number of hydrogen-bond acceptors (Lipinski definition) is 8. The molecule has 0 unspecified atom stereocenters. The summed E-state index contributed by atoms with van der Waals surface area (Å²) in [5.74, 6) is -5.08. The van der Waals surface area contributed by atoms with E-state index in [4.69, 9.17) is 0 Å². The molecule has 1 saturated carbocycles. The van der Waals surface area contributed by atoms with E-state index in [1.807, 2.05) is 0 Å². The number of alkyl halides is 5. The van der Waals surface area contributed by atoms with Crippen molar-refractivity contribution >= 4 is 17.5 Å². The van der Waals surface area contributed by atoms with Crippen LogP contribution in [0.25, 0.3) is 5.65 Å². The molecule has 3 heterocycles. The van der Waals surface area contributed by atoms with Gasteiger partial charge in [0.1, 0.15) is 0 Å². The first kappa shape index (κ1) is 29.2. The number of nitrogens with zero attached hydrogens (tertiary/aromatic N) is 7. The summed E-state index contributed by atoms with van der Waals surface area (Å²) >= 11 is 0. The summed E-state index contributed by atoms with van der Waals surface area (Å²) in [6, 6.07) is 0.398. The first-order valence-corrected chi connectivity index (χ1v) is 12.6. The zero-order chi connectivity index (χ0) is 29.2. The van der Waals surface area contributed by atoms with E-state index in [9.17, 15) is 36.6 Å².